The lowest BCUT2D eigenvalue weighted by Gasteiger charge is -2.06. The lowest BCUT2D eigenvalue weighted by atomic mass is 10.1. The summed E-state index contributed by atoms with van der Waals surface area (Å²) >= 11 is 0. The van der Waals surface area contributed by atoms with Crippen molar-refractivity contribution in [3.8, 4) is 0 Å². The van der Waals surface area contributed by atoms with Crippen LogP contribution in [0.25, 0.3) is 0 Å². The number of carbonyl (C=O) groups is 1. The number of nitrogens with zero attached hydrogens (tertiary/aromatic N) is 2. The highest BCUT2D eigenvalue weighted by Gasteiger charge is 2.15. The van der Waals surface area contributed by atoms with Crippen LogP contribution in [0.2, 0.25) is 0 Å². The summed E-state index contributed by atoms with van der Waals surface area (Å²) in [6, 6.07) is 1.64. The van der Waals surface area contributed by atoms with Crippen LogP contribution in [0.1, 0.15) is 24.2 Å². The Morgan fingerprint density at radius 3 is 2.93 bits per heavy atom. The molecule has 0 spiro atoms. The largest absolute Gasteiger partial charge is 0.481 e. The highest BCUT2D eigenvalue weighted by Crippen LogP contribution is 2.12. The molecule has 0 amide bonds. The van der Waals surface area contributed by atoms with Gasteiger partial charge in [0.2, 0.25) is 0 Å². The molecule has 0 aliphatic rings. The molecule has 5 nitrogen and oxygen atoms in total. The second kappa shape index (κ2) is 4.66. The van der Waals surface area contributed by atoms with Crippen LogP contribution in [0.15, 0.2) is 12.4 Å². The second-order valence-corrected chi connectivity index (χ2v) is 2.93. The van der Waals surface area contributed by atoms with E-state index in [2.05, 4.69) is 9.97 Å². The molecule has 1 N–H and O–H groups in total. The minimum absolute atomic E-state index is 0.363. The maximum absolute atomic E-state index is 10.7. The zero-order valence-electron chi connectivity index (χ0n) is 8.10. The van der Waals surface area contributed by atoms with Crippen molar-refractivity contribution in [3.63, 3.8) is 0 Å². The number of rotatable bonds is 4. The molecule has 1 aromatic rings. The molecule has 0 aliphatic heterocycles. The maximum atomic E-state index is 10.7. The van der Waals surface area contributed by atoms with Crippen LogP contribution in [0.5, 0.6) is 0 Å². The Balaban J connectivity index is 2.87. The van der Waals surface area contributed by atoms with E-state index in [0.29, 0.717) is 18.0 Å². The van der Waals surface area contributed by atoms with Crippen molar-refractivity contribution < 1.29 is 14.6 Å². The third-order valence-electron chi connectivity index (χ3n) is 1.85. The Morgan fingerprint density at radius 1 is 1.64 bits per heavy atom. The normalized spacial score (nSPS) is 12.4. The first-order chi connectivity index (χ1) is 6.65. The number of methoxy groups -OCH3 is 1. The minimum Gasteiger partial charge on any atom is -0.481 e. The van der Waals surface area contributed by atoms with Gasteiger partial charge >= 0.3 is 5.97 Å². The molecule has 0 radical (unpaired) electrons. The molecule has 0 fully saturated rings. The zero-order chi connectivity index (χ0) is 10.6. The van der Waals surface area contributed by atoms with E-state index in [4.69, 9.17) is 9.84 Å². The molecule has 1 aromatic heterocycles. The second-order valence-electron chi connectivity index (χ2n) is 2.93. The van der Waals surface area contributed by atoms with Crippen LogP contribution in [-0.4, -0.2) is 28.2 Å². The molecule has 1 unspecified atom stereocenters. The number of carboxylic acids is 1. The van der Waals surface area contributed by atoms with Crippen molar-refractivity contribution in [3.05, 3.63) is 23.8 Å². The van der Waals surface area contributed by atoms with Crippen molar-refractivity contribution in [1.29, 1.82) is 0 Å². The van der Waals surface area contributed by atoms with Crippen molar-refractivity contribution in [2.45, 2.75) is 19.4 Å². The standard InChI is InChI=1S/C9H12N2O3/c1-6(9(12)13)8-3-7(4-14-2)10-5-11-8/h3,5-6H,4H2,1-2H3,(H,12,13). The van der Waals surface area contributed by atoms with E-state index in [0.717, 1.165) is 0 Å². The van der Waals surface area contributed by atoms with E-state index in [1.807, 2.05) is 0 Å². The lowest BCUT2D eigenvalue weighted by molar-refractivity contribution is -0.138. The predicted molar refractivity (Wildman–Crippen MR) is 48.8 cm³/mol. The smallest absolute Gasteiger partial charge is 0.312 e. The molecule has 14 heavy (non-hydrogen) atoms. The first kappa shape index (κ1) is 10.6. The predicted octanol–water partition coefficient (Wildman–Crippen LogP) is 0.811. The quantitative estimate of drug-likeness (QED) is 0.771. The Morgan fingerprint density at radius 2 is 2.36 bits per heavy atom. The number of ether oxygens (including phenoxy) is 1. The Hall–Kier alpha value is -1.49. The summed E-state index contributed by atoms with van der Waals surface area (Å²) in [6.45, 7) is 1.95. The molecule has 1 rings (SSSR count). The van der Waals surface area contributed by atoms with Crippen LogP contribution in [0, 0.1) is 0 Å². The number of aliphatic carboxylic acids is 1. The van der Waals surface area contributed by atoms with Gasteiger partial charge in [0.1, 0.15) is 6.33 Å². The number of aromatic nitrogens is 2. The summed E-state index contributed by atoms with van der Waals surface area (Å²) in [6.07, 6.45) is 1.35. The molecule has 76 valence electrons. The fourth-order valence-electron chi connectivity index (χ4n) is 1.01. The van der Waals surface area contributed by atoms with Crippen molar-refractivity contribution in [2.75, 3.05) is 7.11 Å². The van der Waals surface area contributed by atoms with Crippen molar-refractivity contribution >= 4 is 5.97 Å². The molecule has 1 heterocycles. The summed E-state index contributed by atoms with van der Waals surface area (Å²) in [5.74, 6) is -1.51. The van der Waals surface area contributed by atoms with E-state index in [1.165, 1.54) is 6.33 Å². The lowest BCUT2D eigenvalue weighted by Crippen LogP contribution is -2.10. The third-order valence-corrected chi connectivity index (χ3v) is 1.85. The fraction of sp³-hybridized carbons (Fsp3) is 0.444. The average Bonchev–Trinajstić information content (AvgIpc) is 2.17. The van der Waals surface area contributed by atoms with Gasteiger partial charge in [-0.25, -0.2) is 9.97 Å². The van der Waals surface area contributed by atoms with E-state index in [-0.39, 0.29) is 0 Å². The summed E-state index contributed by atoms with van der Waals surface area (Å²) in [7, 11) is 1.56. The van der Waals surface area contributed by atoms with Crippen molar-refractivity contribution in [1.82, 2.24) is 9.97 Å². The fourth-order valence-corrected chi connectivity index (χ4v) is 1.01. The van der Waals surface area contributed by atoms with Gasteiger partial charge in [-0.1, -0.05) is 0 Å². The third kappa shape index (κ3) is 2.50. The molecule has 0 saturated carbocycles. The Kier molecular flexibility index (Phi) is 3.53. The summed E-state index contributed by atoms with van der Waals surface area (Å²) in [5, 5.41) is 8.76. The molecule has 0 aliphatic carbocycles. The molecule has 0 saturated heterocycles. The van der Waals surface area contributed by atoms with Crippen molar-refractivity contribution in [2.24, 2.45) is 0 Å². The topological polar surface area (TPSA) is 72.3 Å². The van der Waals surface area contributed by atoms with Gasteiger partial charge in [0, 0.05) is 7.11 Å². The van der Waals surface area contributed by atoms with Gasteiger partial charge < -0.3 is 9.84 Å². The van der Waals surface area contributed by atoms with Crippen LogP contribution in [-0.2, 0) is 16.1 Å². The summed E-state index contributed by atoms with van der Waals surface area (Å²) in [4.78, 5) is 18.5. The molecular formula is C9H12N2O3. The Labute approximate surface area is 81.8 Å². The van der Waals surface area contributed by atoms with Gasteiger partial charge in [-0.05, 0) is 13.0 Å². The highest BCUT2D eigenvalue weighted by molar-refractivity contribution is 5.74. The van der Waals surface area contributed by atoms with Gasteiger partial charge in [0.05, 0.1) is 23.9 Å². The molecule has 0 aromatic carbocycles. The zero-order valence-corrected chi connectivity index (χ0v) is 8.10. The molecule has 0 bridgehead atoms. The van der Waals surface area contributed by atoms with Gasteiger partial charge in [-0.3, -0.25) is 4.79 Å². The van der Waals surface area contributed by atoms with Crippen LogP contribution in [0.4, 0.5) is 0 Å². The van der Waals surface area contributed by atoms with Gasteiger partial charge in [0.15, 0.2) is 0 Å². The van der Waals surface area contributed by atoms with Crippen LogP contribution >= 0.6 is 0 Å². The highest BCUT2D eigenvalue weighted by atomic mass is 16.5. The van der Waals surface area contributed by atoms with E-state index < -0.39 is 11.9 Å². The number of hydrogen-bond donors (Lipinski definition) is 1. The monoisotopic (exact) mass is 196 g/mol. The number of carboxylic acid groups (broad SMARTS) is 1. The average molecular weight is 196 g/mol. The SMILES string of the molecule is COCc1cc(C(C)C(=O)O)ncn1. The van der Waals surface area contributed by atoms with E-state index in [1.54, 1.807) is 20.1 Å². The summed E-state index contributed by atoms with van der Waals surface area (Å²) in [5.41, 5.74) is 1.19. The first-order valence-electron chi connectivity index (χ1n) is 4.17. The number of hydrogen-bond acceptors (Lipinski definition) is 4. The van der Waals surface area contributed by atoms with E-state index >= 15 is 0 Å². The first-order valence-corrected chi connectivity index (χ1v) is 4.17. The van der Waals surface area contributed by atoms with Gasteiger partial charge in [-0.15, -0.1) is 0 Å². The molecular weight excluding hydrogens is 184 g/mol. The van der Waals surface area contributed by atoms with E-state index in [9.17, 15) is 4.79 Å². The molecule has 1 atom stereocenters. The maximum Gasteiger partial charge on any atom is 0.312 e. The minimum atomic E-state index is -0.896. The van der Waals surface area contributed by atoms with Crippen LogP contribution < -0.4 is 0 Å². The Bertz CT molecular complexity index is 328. The van der Waals surface area contributed by atoms with Gasteiger partial charge in [0.25, 0.3) is 0 Å². The summed E-state index contributed by atoms with van der Waals surface area (Å²) < 4.78 is 4.89. The van der Waals surface area contributed by atoms with Crippen LogP contribution in [0.3, 0.4) is 0 Å². The van der Waals surface area contributed by atoms with Gasteiger partial charge in [-0.2, -0.15) is 0 Å². The molecule has 5 heteroatoms.